The standard InChI is InChI=1S/C27H48N2/c1-20(2)12-9-13-21(3)14-10-15-22(4)16-11-17-27(7)19-25-23(5)18-24(6)28-26(25)29(27)8/h18,20-22H,9-17,19H2,1-8H3/t21-,22-,27?/m1/s1. The zero-order valence-corrected chi connectivity index (χ0v) is 20.8. The number of hydrogen-bond acceptors (Lipinski definition) is 2. The SMILES string of the molecule is Cc1cc(C)c2c(n1)N(C)C(C)(CCC[C@H](C)CCC[C@H](C)CCCC(C)C)C2. The summed E-state index contributed by atoms with van der Waals surface area (Å²) in [5, 5.41) is 0. The largest absolute Gasteiger partial charge is 0.354 e. The quantitative estimate of drug-likeness (QED) is 0.354. The minimum Gasteiger partial charge on any atom is -0.354 e. The first-order valence-corrected chi connectivity index (χ1v) is 12.3. The number of aromatic nitrogens is 1. The second kappa shape index (κ2) is 10.8. The van der Waals surface area contributed by atoms with Gasteiger partial charge in [0.05, 0.1) is 0 Å². The van der Waals surface area contributed by atoms with Crippen molar-refractivity contribution < 1.29 is 0 Å². The Morgan fingerprint density at radius 3 is 2.07 bits per heavy atom. The molecular weight excluding hydrogens is 352 g/mol. The van der Waals surface area contributed by atoms with Gasteiger partial charge in [-0.3, -0.25) is 0 Å². The van der Waals surface area contributed by atoms with Gasteiger partial charge in [-0.15, -0.1) is 0 Å². The first kappa shape index (κ1) is 24.2. The van der Waals surface area contributed by atoms with Crippen LogP contribution in [0.4, 0.5) is 5.82 Å². The lowest BCUT2D eigenvalue weighted by molar-refractivity contribution is 0.359. The van der Waals surface area contributed by atoms with E-state index in [1.807, 2.05) is 0 Å². The molecule has 3 atom stereocenters. The van der Waals surface area contributed by atoms with Crippen molar-refractivity contribution in [1.82, 2.24) is 4.98 Å². The van der Waals surface area contributed by atoms with Gasteiger partial charge in [0.25, 0.3) is 0 Å². The Kier molecular flexibility index (Phi) is 9.04. The lowest BCUT2D eigenvalue weighted by Gasteiger charge is -2.34. The van der Waals surface area contributed by atoms with Crippen molar-refractivity contribution in [1.29, 1.82) is 0 Å². The average Bonchev–Trinajstić information content (AvgIpc) is 2.87. The van der Waals surface area contributed by atoms with E-state index in [-0.39, 0.29) is 5.54 Å². The number of anilines is 1. The smallest absolute Gasteiger partial charge is 0.132 e. The Hall–Kier alpha value is -1.05. The highest BCUT2D eigenvalue weighted by atomic mass is 15.2. The molecule has 2 nitrogen and oxygen atoms in total. The molecule has 1 unspecified atom stereocenters. The molecule has 1 aromatic rings. The molecule has 1 aliphatic rings. The van der Waals surface area contributed by atoms with Gasteiger partial charge >= 0.3 is 0 Å². The second-order valence-corrected chi connectivity index (χ2v) is 11.0. The molecule has 0 radical (unpaired) electrons. The van der Waals surface area contributed by atoms with Crippen LogP contribution in [0.5, 0.6) is 0 Å². The van der Waals surface area contributed by atoms with Gasteiger partial charge in [0.2, 0.25) is 0 Å². The molecule has 2 rings (SSSR count). The summed E-state index contributed by atoms with van der Waals surface area (Å²) in [6.07, 6.45) is 13.6. The maximum absolute atomic E-state index is 4.85. The summed E-state index contributed by atoms with van der Waals surface area (Å²) in [5.74, 6) is 3.85. The van der Waals surface area contributed by atoms with Gasteiger partial charge in [0, 0.05) is 18.3 Å². The van der Waals surface area contributed by atoms with Gasteiger partial charge in [0.1, 0.15) is 5.82 Å². The van der Waals surface area contributed by atoms with E-state index in [4.69, 9.17) is 4.98 Å². The van der Waals surface area contributed by atoms with Gasteiger partial charge in [-0.05, 0) is 68.6 Å². The van der Waals surface area contributed by atoms with Crippen LogP contribution in [0.1, 0.15) is 109 Å². The summed E-state index contributed by atoms with van der Waals surface area (Å²) in [7, 11) is 2.25. The summed E-state index contributed by atoms with van der Waals surface area (Å²) < 4.78 is 0. The third-order valence-corrected chi connectivity index (χ3v) is 7.42. The first-order valence-electron chi connectivity index (χ1n) is 12.3. The molecule has 2 heterocycles. The Morgan fingerprint density at radius 1 is 0.931 bits per heavy atom. The monoisotopic (exact) mass is 400 g/mol. The van der Waals surface area contributed by atoms with E-state index >= 15 is 0 Å². The van der Waals surface area contributed by atoms with Crippen LogP contribution < -0.4 is 4.90 Å². The number of rotatable bonds is 12. The van der Waals surface area contributed by atoms with Crippen molar-refractivity contribution in [3.05, 3.63) is 22.9 Å². The number of likely N-dealkylation sites (N-methyl/N-ethyl adjacent to an activating group) is 1. The first-order chi connectivity index (χ1) is 13.6. The van der Waals surface area contributed by atoms with Gasteiger partial charge in [-0.2, -0.15) is 0 Å². The molecular formula is C27H48N2. The van der Waals surface area contributed by atoms with Crippen molar-refractivity contribution in [2.75, 3.05) is 11.9 Å². The van der Waals surface area contributed by atoms with Crippen molar-refractivity contribution in [2.24, 2.45) is 17.8 Å². The Labute approximate surface area is 181 Å². The van der Waals surface area contributed by atoms with Crippen molar-refractivity contribution >= 4 is 5.82 Å². The zero-order valence-electron chi connectivity index (χ0n) is 20.8. The number of fused-ring (bicyclic) bond motifs is 1. The molecule has 0 aromatic carbocycles. The third-order valence-electron chi connectivity index (χ3n) is 7.42. The van der Waals surface area contributed by atoms with E-state index < -0.39 is 0 Å². The molecule has 0 bridgehead atoms. The van der Waals surface area contributed by atoms with Crippen molar-refractivity contribution in [3.8, 4) is 0 Å². The molecule has 166 valence electrons. The maximum Gasteiger partial charge on any atom is 0.132 e. The number of hydrogen-bond donors (Lipinski definition) is 0. The zero-order chi connectivity index (χ0) is 21.6. The summed E-state index contributed by atoms with van der Waals surface area (Å²) in [6, 6.07) is 2.24. The maximum atomic E-state index is 4.85. The van der Waals surface area contributed by atoms with Crippen LogP contribution in [-0.2, 0) is 6.42 Å². The Bertz CT molecular complexity index is 636. The lowest BCUT2D eigenvalue weighted by Crippen LogP contribution is -2.41. The molecule has 29 heavy (non-hydrogen) atoms. The minimum atomic E-state index is 0.235. The van der Waals surface area contributed by atoms with Gasteiger partial charge in [0.15, 0.2) is 0 Å². The van der Waals surface area contributed by atoms with E-state index in [0.29, 0.717) is 0 Å². The molecule has 1 aromatic heterocycles. The molecule has 1 aliphatic heterocycles. The third kappa shape index (κ3) is 7.00. The van der Waals surface area contributed by atoms with E-state index in [2.05, 4.69) is 66.5 Å². The normalized spacial score (nSPS) is 20.9. The van der Waals surface area contributed by atoms with Crippen molar-refractivity contribution in [2.45, 2.75) is 118 Å². The number of pyridine rings is 1. The molecule has 2 heteroatoms. The average molecular weight is 401 g/mol. The fraction of sp³-hybridized carbons (Fsp3) is 0.815. The van der Waals surface area contributed by atoms with Gasteiger partial charge in [-0.25, -0.2) is 4.98 Å². The van der Waals surface area contributed by atoms with Gasteiger partial charge in [-0.1, -0.05) is 79.1 Å². The van der Waals surface area contributed by atoms with Crippen LogP contribution in [0.2, 0.25) is 0 Å². The van der Waals surface area contributed by atoms with Crippen LogP contribution in [0.25, 0.3) is 0 Å². The fourth-order valence-electron chi connectivity index (χ4n) is 5.16. The number of nitrogens with zero attached hydrogens (tertiary/aromatic N) is 2. The minimum absolute atomic E-state index is 0.235. The molecule has 0 spiro atoms. The molecule has 0 saturated carbocycles. The highest BCUT2D eigenvalue weighted by Crippen LogP contribution is 2.41. The summed E-state index contributed by atoms with van der Waals surface area (Å²) in [4.78, 5) is 7.31. The van der Waals surface area contributed by atoms with E-state index in [1.165, 1.54) is 74.7 Å². The van der Waals surface area contributed by atoms with E-state index in [0.717, 1.165) is 29.9 Å². The molecule has 0 saturated heterocycles. The fourth-order valence-corrected chi connectivity index (χ4v) is 5.16. The molecule has 0 fully saturated rings. The predicted molar refractivity (Wildman–Crippen MR) is 129 cm³/mol. The summed E-state index contributed by atoms with van der Waals surface area (Å²) >= 11 is 0. The van der Waals surface area contributed by atoms with E-state index in [9.17, 15) is 0 Å². The Balaban J connectivity index is 1.68. The Morgan fingerprint density at radius 2 is 1.48 bits per heavy atom. The summed E-state index contributed by atoms with van der Waals surface area (Å²) in [6.45, 7) is 16.4. The topological polar surface area (TPSA) is 16.1 Å². The van der Waals surface area contributed by atoms with Crippen LogP contribution >= 0.6 is 0 Å². The lowest BCUT2D eigenvalue weighted by atomic mass is 9.87. The second-order valence-electron chi connectivity index (χ2n) is 11.0. The highest BCUT2D eigenvalue weighted by molar-refractivity contribution is 5.59. The predicted octanol–water partition coefficient (Wildman–Crippen LogP) is 7.89. The highest BCUT2D eigenvalue weighted by Gasteiger charge is 2.39. The molecule has 0 N–H and O–H groups in total. The van der Waals surface area contributed by atoms with Crippen LogP contribution in [0.15, 0.2) is 6.07 Å². The van der Waals surface area contributed by atoms with Gasteiger partial charge < -0.3 is 4.90 Å². The summed E-state index contributed by atoms with van der Waals surface area (Å²) in [5.41, 5.74) is 4.27. The van der Waals surface area contributed by atoms with E-state index in [1.54, 1.807) is 0 Å². The van der Waals surface area contributed by atoms with Crippen molar-refractivity contribution in [3.63, 3.8) is 0 Å². The molecule has 0 amide bonds. The number of aryl methyl sites for hydroxylation is 2. The van der Waals surface area contributed by atoms with Crippen LogP contribution in [0.3, 0.4) is 0 Å². The molecule has 0 aliphatic carbocycles. The van der Waals surface area contributed by atoms with Crippen LogP contribution in [0, 0.1) is 31.6 Å². The van der Waals surface area contributed by atoms with Crippen LogP contribution in [-0.4, -0.2) is 17.6 Å².